The number of ether oxygens (including phenoxy) is 1. The first kappa shape index (κ1) is 27.0. The molecule has 2 fully saturated rings. The zero-order chi connectivity index (χ0) is 27.2. The van der Waals surface area contributed by atoms with Crippen LogP contribution in [0.15, 0.2) is 18.2 Å². The Morgan fingerprint density at radius 1 is 1.24 bits per heavy atom. The number of nitrogens with two attached hydrogens (primary N) is 1. The molecule has 1 aliphatic heterocycles. The van der Waals surface area contributed by atoms with Gasteiger partial charge in [-0.05, 0) is 43.7 Å². The molecule has 1 saturated heterocycles. The Morgan fingerprint density at radius 3 is 2.49 bits per heavy atom. The highest BCUT2D eigenvalue weighted by Gasteiger charge is 2.55. The number of carboxylic acids is 1. The standard InChI is InChI=1S/C24H29ClN4O8/c1-24(2,36)9-29-7-13-12(14(13)8-29)6-27-21(32)11-5-15(25)17(26)10-3-4-16(28-18(10)11)37-23(35)20(31)19(30)22(33)34/h3-5,12-14,19-20,30-31,36H,6-9,26H2,1-2H3,(H,27,32)(H,33,34). The lowest BCUT2D eigenvalue weighted by Gasteiger charge is -2.27. The second-order valence-corrected chi connectivity index (χ2v) is 10.6. The number of carbonyl (C=O) groups is 3. The molecular formula is C24H29ClN4O8. The van der Waals surface area contributed by atoms with Gasteiger partial charge in [0.05, 0.1) is 27.4 Å². The Balaban J connectivity index is 1.46. The van der Waals surface area contributed by atoms with Crippen molar-refractivity contribution in [3.05, 3.63) is 28.8 Å². The summed E-state index contributed by atoms with van der Waals surface area (Å²) in [4.78, 5) is 42.3. The molecule has 4 atom stereocenters. The summed E-state index contributed by atoms with van der Waals surface area (Å²) in [5.41, 5.74) is 5.61. The van der Waals surface area contributed by atoms with Crippen LogP contribution < -0.4 is 15.8 Å². The predicted octanol–water partition coefficient (Wildman–Crippen LogP) is -0.139. The van der Waals surface area contributed by atoms with Gasteiger partial charge in [-0.2, -0.15) is 0 Å². The van der Waals surface area contributed by atoms with E-state index in [-0.39, 0.29) is 27.7 Å². The maximum Gasteiger partial charge on any atom is 0.345 e. The van der Waals surface area contributed by atoms with Crippen LogP contribution in [-0.2, 0) is 9.59 Å². The van der Waals surface area contributed by atoms with Crippen LogP contribution >= 0.6 is 11.6 Å². The number of fused-ring (bicyclic) bond motifs is 2. The number of β-amino-alcohol motifs (C(OH)–C–C–N with tert-alkyl or cyclic N) is 1. The fraction of sp³-hybridized carbons (Fsp3) is 0.500. The highest BCUT2D eigenvalue weighted by atomic mass is 35.5. The van der Waals surface area contributed by atoms with Gasteiger partial charge in [-0.3, -0.25) is 9.69 Å². The molecule has 4 rings (SSSR count). The molecule has 13 heteroatoms. The molecule has 7 N–H and O–H groups in total. The third-order valence-electron chi connectivity index (χ3n) is 6.74. The van der Waals surface area contributed by atoms with E-state index in [4.69, 9.17) is 27.2 Å². The van der Waals surface area contributed by atoms with Crippen molar-refractivity contribution in [1.82, 2.24) is 15.2 Å². The predicted molar refractivity (Wildman–Crippen MR) is 132 cm³/mol. The van der Waals surface area contributed by atoms with Gasteiger partial charge in [-0.25, -0.2) is 14.6 Å². The summed E-state index contributed by atoms with van der Waals surface area (Å²) in [6, 6.07) is 4.01. The molecule has 1 amide bonds. The number of rotatable bonds is 9. The van der Waals surface area contributed by atoms with E-state index in [1.165, 1.54) is 18.2 Å². The van der Waals surface area contributed by atoms with Gasteiger partial charge in [0, 0.05) is 37.6 Å². The van der Waals surface area contributed by atoms with Crippen molar-refractivity contribution >= 4 is 46.0 Å². The number of aliphatic carboxylic acids is 1. The zero-order valence-corrected chi connectivity index (χ0v) is 21.0. The highest BCUT2D eigenvalue weighted by molar-refractivity contribution is 6.35. The van der Waals surface area contributed by atoms with Crippen LogP contribution in [0, 0.1) is 17.8 Å². The molecule has 0 bridgehead atoms. The molecule has 1 saturated carbocycles. The number of benzene rings is 1. The summed E-state index contributed by atoms with van der Waals surface area (Å²) >= 11 is 6.23. The first-order chi connectivity index (χ1) is 17.3. The summed E-state index contributed by atoms with van der Waals surface area (Å²) < 4.78 is 4.91. The van der Waals surface area contributed by atoms with Gasteiger partial charge in [-0.1, -0.05) is 11.6 Å². The maximum absolute atomic E-state index is 13.1. The number of aromatic nitrogens is 1. The number of nitrogens with zero attached hydrogens (tertiary/aromatic N) is 2. The summed E-state index contributed by atoms with van der Waals surface area (Å²) in [6.07, 6.45) is -4.72. The smallest absolute Gasteiger partial charge is 0.345 e. The molecule has 2 aromatic rings. The van der Waals surface area contributed by atoms with E-state index >= 15 is 0 Å². The average molecular weight is 537 g/mol. The Hall–Kier alpha value is -3.03. The van der Waals surface area contributed by atoms with E-state index in [0.29, 0.717) is 36.2 Å². The topological polar surface area (TPSA) is 196 Å². The van der Waals surface area contributed by atoms with Gasteiger partial charge >= 0.3 is 11.9 Å². The fourth-order valence-electron chi connectivity index (χ4n) is 4.94. The quantitative estimate of drug-likeness (QED) is 0.184. The van der Waals surface area contributed by atoms with Crippen LogP contribution in [0.5, 0.6) is 5.88 Å². The largest absolute Gasteiger partial charge is 0.479 e. The molecule has 1 aliphatic carbocycles. The number of nitrogen functional groups attached to an aromatic ring is 1. The van der Waals surface area contributed by atoms with Gasteiger partial charge in [0.25, 0.3) is 5.91 Å². The number of carbonyl (C=O) groups excluding carboxylic acids is 2. The monoisotopic (exact) mass is 536 g/mol. The number of carboxylic acid groups (broad SMARTS) is 1. The molecule has 1 aromatic heterocycles. The number of halogens is 1. The summed E-state index contributed by atoms with van der Waals surface area (Å²) in [5.74, 6) is -2.81. The Morgan fingerprint density at radius 2 is 1.89 bits per heavy atom. The lowest BCUT2D eigenvalue weighted by atomic mass is 10.1. The Kier molecular flexibility index (Phi) is 7.32. The number of aliphatic hydroxyl groups excluding tert-OH is 2. The number of amides is 1. The van der Waals surface area contributed by atoms with Crippen LogP contribution in [0.25, 0.3) is 10.9 Å². The molecule has 0 spiro atoms. The number of hydrogen-bond donors (Lipinski definition) is 6. The molecule has 2 heterocycles. The molecule has 0 radical (unpaired) electrons. The number of anilines is 1. The minimum Gasteiger partial charge on any atom is -0.479 e. The Labute approximate surface area is 217 Å². The lowest BCUT2D eigenvalue weighted by Crippen LogP contribution is -2.41. The van der Waals surface area contributed by atoms with E-state index in [9.17, 15) is 29.7 Å². The van der Waals surface area contributed by atoms with E-state index in [2.05, 4.69) is 15.2 Å². The average Bonchev–Trinajstić information content (AvgIpc) is 3.28. The number of hydrogen-bond acceptors (Lipinski definition) is 10. The number of piperidine rings is 1. The van der Waals surface area contributed by atoms with Crippen molar-refractivity contribution in [3.8, 4) is 5.88 Å². The van der Waals surface area contributed by atoms with E-state index in [1.807, 2.05) is 0 Å². The van der Waals surface area contributed by atoms with Crippen molar-refractivity contribution in [2.45, 2.75) is 31.7 Å². The van der Waals surface area contributed by atoms with E-state index in [1.54, 1.807) is 13.8 Å². The molecule has 12 nitrogen and oxygen atoms in total. The molecule has 4 unspecified atom stereocenters. The number of pyridine rings is 1. The van der Waals surface area contributed by atoms with Crippen molar-refractivity contribution in [1.29, 1.82) is 0 Å². The SMILES string of the molecule is CC(C)(O)CN1CC2C(CNC(=O)c3cc(Cl)c(N)c4ccc(OC(=O)C(O)C(O)C(=O)O)nc34)C2C1. The second-order valence-electron chi connectivity index (χ2n) is 10.2. The molecular weight excluding hydrogens is 508 g/mol. The van der Waals surface area contributed by atoms with Crippen LogP contribution in [0.2, 0.25) is 5.02 Å². The first-order valence-electron chi connectivity index (χ1n) is 11.7. The summed E-state index contributed by atoms with van der Waals surface area (Å²) in [7, 11) is 0. The Bertz CT molecular complexity index is 1240. The van der Waals surface area contributed by atoms with Crippen molar-refractivity contribution in [2.24, 2.45) is 17.8 Å². The van der Waals surface area contributed by atoms with Crippen molar-refractivity contribution in [3.63, 3.8) is 0 Å². The number of likely N-dealkylation sites (tertiary alicyclic amines) is 1. The van der Waals surface area contributed by atoms with Crippen molar-refractivity contribution in [2.75, 3.05) is 31.9 Å². The third kappa shape index (κ3) is 5.78. The lowest BCUT2D eigenvalue weighted by molar-refractivity contribution is -0.164. The van der Waals surface area contributed by atoms with Gasteiger partial charge in [0.1, 0.15) is 0 Å². The summed E-state index contributed by atoms with van der Waals surface area (Å²) in [5, 5.41) is 41.2. The van der Waals surface area contributed by atoms with Crippen LogP contribution in [0.4, 0.5) is 5.69 Å². The number of aliphatic hydroxyl groups is 3. The van der Waals surface area contributed by atoms with Gasteiger partial charge in [-0.15, -0.1) is 0 Å². The van der Waals surface area contributed by atoms with Crippen LogP contribution in [0.3, 0.4) is 0 Å². The van der Waals surface area contributed by atoms with E-state index < -0.39 is 35.7 Å². The fourth-order valence-corrected chi connectivity index (χ4v) is 5.16. The van der Waals surface area contributed by atoms with Gasteiger partial charge in [0.15, 0.2) is 12.2 Å². The van der Waals surface area contributed by atoms with Crippen molar-refractivity contribution < 1.29 is 39.5 Å². The number of esters is 1. The zero-order valence-electron chi connectivity index (χ0n) is 20.2. The van der Waals surface area contributed by atoms with Gasteiger partial charge < -0.3 is 36.2 Å². The normalized spacial score (nSPS) is 22.8. The van der Waals surface area contributed by atoms with Crippen LogP contribution in [-0.4, -0.2) is 92.1 Å². The minimum atomic E-state index is -2.38. The summed E-state index contributed by atoms with van der Waals surface area (Å²) in [6.45, 7) is 6.33. The number of nitrogens with one attached hydrogen (secondary N) is 1. The molecule has 1 aromatic carbocycles. The van der Waals surface area contributed by atoms with Crippen LogP contribution in [0.1, 0.15) is 24.2 Å². The molecule has 2 aliphatic rings. The second kappa shape index (κ2) is 10.0. The maximum atomic E-state index is 13.1. The van der Waals surface area contributed by atoms with Gasteiger partial charge in [0.2, 0.25) is 5.88 Å². The molecule has 200 valence electrons. The highest BCUT2D eigenvalue weighted by Crippen LogP contribution is 2.51. The minimum absolute atomic E-state index is 0.0883. The first-order valence-corrected chi connectivity index (χ1v) is 12.1. The molecule has 37 heavy (non-hydrogen) atoms. The van der Waals surface area contributed by atoms with E-state index in [0.717, 1.165) is 13.1 Å². The third-order valence-corrected chi connectivity index (χ3v) is 7.06.